The van der Waals surface area contributed by atoms with Gasteiger partial charge in [0.15, 0.2) is 0 Å². The molecule has 0 bridgehead atoms. The molecule has 0 spiro atoms. The molecule has 0 aromatic carbocycles. The van der Waals surface area contributed by atoms with Gasteiger partial charge in [0.1, 0.15) is 0 Å². The zero-order valence-corrected chi connectivity index (χ0v) is 9.62. The van der Waals surface area contributed by atoms with E-state index in [-0.39, 0.29) is 23.1 Å². The predicted octanol–water partition coefficient (Wildman–Crippen LogP) is -0.576. The van der Waals surface area contributed by atoms with Crippen LogP contribution in [0.15, 0.2) is 28.0 Å². The molecule has 1 aromatic heterocycles. The fourth-order valence-corrected chi connectivity index (χ4v) is 2.39. The van der Waals surface area contributed by atoms with Crippen LogP contribution in [0.3, 0.4) is 0 Å². The molecular formula is C9H14N2O4S. The smallest absolute Gasteiger partial charge is 0.247 e. The second kappa shape index (κ2) is 5.24. The van der Waals surface area contributed by atoms with Gasteiger partial charge in [-0.05, 0) is 19.4 Å². The number of hydrogen-bond donors (Lipinski definition) is 3. The first-order valence-electron chi connectivity index (χ1n) is 4.77. The average Bonchev–Trinajstić information content (AvgIpc) is 2.17. The number of hydrogen-bond acceptors (Lipinski definition) is 4. The number of H-pyrrole nitrogens is 1. The molecule has 0 aliphatic carbocycles. The monoisotopic (exact) mass is 246 g/mol. The highest BCUT2D eigenvalue weighted by molar-refractivity contribution is 7.89. The Bertz CT molecular complexity index is 474. The fraction of sp³-hybridized carbons (Fsp3) is 0.444. The summed E-state index contributed by atoms with van der Waals surface area (Å²) in [6, 6.07) is 2.01. The maximum atomic E-state index is 11.7. The van der Waals surface area contributed by atoms with E-state index in [0.29, 0.717) is 6.42 Å². The Kier molecular flexibility index (Phi) is 4.22. The van der Waals surface area contributed by atoms with Crippen LogP contribution in [0.1, 0.15) is 13.3 Å². The maximum Gasteiger partial charge on any atom is 0.247 e. The first kappa shape index (κ1) is 12.9. The second-order valence-corrected chi connectivity index (χ2v) is 5.14. The number of aromatic nitrogens is 1. The van der Waals surface area contributed by atoms with Crippen molar-refractivity contribution in [2.24, 2.45) is 0 Å². The molecule has 1 unspecified atom stereocenters. The van der Waals surface area contributed by atoms with Crippen molar-refractivity contribution in [3.8, 4) is 0 Å². The minimum atomic E-state index is -3.63. The minimum Gasteiger partial charge on any atom is -0.396 e. The normalized spacial score (nSPS) is 13.6. The Balaban J connectivity index is 2.86. The van der Waals surface area contributed by atoms with Crippen LogP contribution in [0.2, 0.25) is 0 Å². The van der Waals surface area contributed by atoms with Crippen molar-refractivity contribution in [2.75, 3.05) is 6.61 Å². The Morgan fingerprint density at radius 3 is 2.69 bits per heavy atom. The standard InChI is InChI=1S/C9H14N2O4S/c1-7(4-5-12)11-16(14,15)8-2-3-9(13)10-6-8/h2-3,6-7,11-12H,4-5H2,1H3,(H,10,13). The molecule has 6 nitrogen and oxygen atoms in total. The number of rotatable bonds is 5. The van der Waals surface area contributed by atoms with Crippen molar-refractivity contribution in [2.45, 2.75) is 24.3 Å². The highest BCUT2D eigenvalue weighted by atomic mass is 32.2. The van der Waals surface area contributed by atoms with E-state index in [1.807, 2.05) is 0 Å². The van der Waals surface area contributed by atoms with Gasteiger partial charge in [-0.15, -0.1) is 0 Å². The summed E-state index contributed by atoms with van der Waals surface area (Å²) in [6.07, 6.45) is 1.47. The lowest BCUT2D eigenvalue weighted by molar-refractivity contribution is 0.275. The van der Waals surface area contributed by atoms with Crippen molar-refractivity contribution in [1.29, 1.82) is 0 Å². The van der Waals surface area contributed by atoms with E-state index in [1.165, 1.54) is 6.07 Å². The molecule has 1 aromatic rings. The van der Waals surface area contributed by atoms with Crippen molar-refractivity contribution in [3.63, 3.8) is 0 Å². The first-order chi connectivity index (χ1) is 7.45. The molecule has 1 atom stereocenters. The molecule has 0 saturated carbocycles. The minimum absolute atomic E-state index is 0.00288. The number of aliphatic hydroxyl groups excluding tert-OH is 1. The van der Waals surface area contributed by atoms with Gasteiger partial charge in [-0.1, -0.05) is 0 Å². The van der Waals surface area contributed by atoms with E-state index in [2.05, 4.69) is 9.71 Å². The molecule has 7 heteroatoms. The summed E-state index contributed by atoms with van der Waals surface area (Å²) in [5.41, 5.74) is -0.359. The van der Waals surface area contributed by atoms with Crippen molar-refractivity contribution in [1.82, 2.24) is 9.71 Å². The first-order valence-corrected chi connectivity index (χ1v) is 6.26. The molecule has 16 heavy (non-hydrogen) atoms. The molecule has 1 heterocycles. The summed E-state index contributed by atoms with van der Waals surface area (Å²) in [6.45, 7) is 1.56. The van der Waals surface area contributed by atoms with Crippen LogP contribution in [-0.2, 0) is 10.0 Å². The summed E-state index contributed by atoms with van der Waals surface area (Å²) in [4.78, 5) is 13.1. The lowest BCUT2D eigenvalue weighted by Crippen LogP contribution is -2.33. The van der Waals surface area contributed by atoms with Gasteiger partial charge in [0.25, 0.3) is 0 Å². The predicted molar refractivity (Wildman–Crippen MR) is 58.5 cm³/mol. The third-order valence-electron chi connectivity index (χ3n) is 1.98. The molecule has 0 amide bonds. The van der Waals surface area contributed by atoms with Crippen LogP contribution < -0.4 is 10.3 Å². The topological polar surface area (TPSA) is 99.3 Å². The van der Waals surface area contributed by atoms with Gasteiger partial charge in [0.2, 0.25) is 15.6 Å². The Morgan fingerprint density at radius 1 is 1.50 bits per heavy atom. The lowest BCUT2D eigenvalue weighted by atomic mass is 10.3. The van der Waals surface area contributed by atoms with Crippen LogP contribution in [0.4, 0.5) is 0 Å². The molecule has 3 N–H and O–H groups in total. The summed E-state index contributed by atoms with van der Waals surface area (Å²) in [7, 11) is -3.63. The summed E-state index contributed by atoms with van der Waals surface area (Å²) in [5, 5.41) is 8.66. The van der Waals surface area contributed by atoms with Gasteiger partial charge in [-0.3, -0.25) is 4.79 Å². The van der Waals surface area contributed by atoms with Gasteiger partial charge >= 0.3 is 0 Å². The number of nitrogens with one attached hydrogen (secondary N) is 2. The Labute approximate surface area is 93.4 Å². The molecule has 0 fully saturated rings. The summed E-state index contributed by atoms with van der Waals surface area (Å²) in [5.74, 6) is 0. The number of aliphatic hydroxyl groups is 1. The molecule has 0 aliphatic heterocycles. The second-order valence-electron chi connectivity index (χ2n) is 3.42. The highest BCUT2D eigenvalue weighted by Gasteiger charge is 2.16. The van der Waals surface area contributed by atoms with Gasteiger partial charge in [-0.25, -0.2) is 13.1 Å². The van der Waals surface area contributed by atoms with E-state index >= 15 is 0 Å². The highest BCUT2D eigenvalue weighted by Crippen LogP contribution is 2.05. The van der Waals surface area contributed by atoms with Crippen LogP contribution in [0.25, 0.3) is 0 Å². The largest absolute Gasteiger partial charge is 0.396 e. The zero-order chi connectivity index (χ0) is 12.2. The Morgan fingerprint density at radius 2 is 2.19 bits per heavy atom. The van der Waals surface area contributed by atoms with Gasteiger partial charge in [0, 0.05) is 24.9 Å². The van der Waals surface area contributed by atoms with Crippen LogP contribution in [-0.4, -0.2) is 31.2 Å². The van der Waals surface area contributed by atoms with Crippen molar-refractivity contribution in [3.05, 3.63) is 28.7 Å². The molecule has 90 valence electrons. The quantitative estimate of drug-likeness (QED) is 0.647. The molecular weight excluding hydrogens is 232 g/mol. The molecule has 0 saturated heterocycles. The summed E-state index contributed by atoms with van der Waals surface area (Å²) >= 11 is 0. The van der Waals surface area contributed by atoms with Crippen LogP contribution in [0, 0.1) is 0 Å². The zero-order valence-electron chi connectivity index (χ0n) is 8.80. The number of pyridine rings is 1. The van der Waals surface area contributed by atoms with Crippen molar-refractivity contribution >= 4 is 10.0 Å². The van der Waals surface area contributed by atoms with E-state index in [9.17, 15) is 13.2 Å². The average molecular weight is 246 g/mol. The number of aromatic amines is 1. The van der Waals surface area contributed by atoms with Gasteiger partial charge < -0.3 is 10.1 Å². The Hall–Kier alpha value is -1.18. The third kappa shape index (κ3) is 3.44. The lowest BCUT2D eigenvalue weighted by Gasteiger charge is -2.12. The molecule has 0 radical (unpaired) electrons. The van der Waals surface area contributed by atoms with E-state index in [4.69, 9.17) is 5.11 Å². The number of sulfonamides is 1. The maximum absolute atomic E-state index is 11.7. The third-order valence-corrected chi connectivity index (χ3v) is 3.57. The SMILES string of the molecule is CC(CCO)NS(=O)(=O)c1ccc(=O)[nH]c1. The summed E-state index contributed by atoms with van der Waals surface area (Å²) < 4.78 is 25.8. The van der Waals surface area contributed by atoms with E-state index < -0.39 is 10.0 Å². The fourth-order valence-electron chi connectivity index (χ4n) is 1.15. The molecule has 1 rings (SSSR count). The van der Waals surface area contributed by atoms with E-state index in [1.54, 1.807) is 6.92 Å². The van der Waals surface area contributed by atoms with Crippen LogP contribution in [0.5, 0.6) is 0 Å². The van der Waals surface area contributed by atoms with Gasteiger partial charge in [-0.2, -0.15) is 0 Å². The van der Waals surface area contributed by atoms with Gasteiger partial charge in [0.05, 0.1) is 4.90 Å². The van der Waals surface area contributed by atoms with Crippen LogP contribution >= 0.6 is 0 Å². The van der Waals surface area contributed by atoms with Crippen molar-refractivity contribution < 1.29 is 13.5 Å². The van der Waals surface area contributed by atoms with E-state index in [0.717, 1.165) is 12.3 Å². The molecule has 0 aliphatic rings.